The van der Waals surface area contributed by atoms with Crippen molar-refractivity contribution in [1.29, 1.82) is 0 Å². The summed E-state index contributed by atoms with van der Waals surface area (Å²) >= 11 is 1.38. The van der Waals surface area contributed by atoms with E-state index in [4.69, 9.17) is 10.5 Å². The summed E-state index contributed by atoms with van der Waals surface area (Å²) < 4.78 is 32.2. The molecule has 0 bridgehead atoms. The van der Waals surface area contributed by atoms with Crippen LogP contribution in [0.4, 0.5) is 25.4 Å². The lowest BCUT2D eigenvalue weighted by atomic mass is 10.1. The van der Waals surface area contributed by atoms with E-state index in [1.54, 1.807) is 0 Å². The summed E-state index contributed by atoms with van der Waals surface area (Å²) in [7, 11) is 0. The van der Waals surface area contributed by atoms with Crippen molar-refractivity contribution in [2.75, 3.05) is 11.1 Å². The quantitative estimate of drug-likeness (QED) is 0.388. The Hall–Kier alpha value is -3.45. The van der Waals surface area contributed by atoms with Crippen molar-refractivity contribution in [3.05, 3.63) is 100 Å². The van der Waals surface area contributed by atoms with Gasteiger partial charge in [0.15, 0.2) is 16.8 Å². The van der Waals surface area contributed by atoms with Crippen LogP contribution < -0.4 is 15.8 Å². The van der Waals surface area contributed by atoms with Crippen LogP contribution in [0.2, 0.25) is 0 Å². The van der Waals surface area contributed by atoms with Crippen molar-refractivity contribution in [2.45, 2.75) is 13.0 Å². The average molecular weight is 423 g/mol. The topological polar surface area (TPSA) is 60.2 Å². The Kier molecular flexibility index (Phi) is 5.90. The minimum absolute atomic E-state index is 0.411. The smallest absolute Gasteiger partial charge is 0.189 e. The van der Waals surface area contributed by atoms with E-state index in [9.17, 15) is 8.78 Å². The van der Waals surface area contributed by atoms with E-state index in [1.165, 1.54) is 17.4 Å². The van der Waals surface area contributed by atoms with E-state index in [0.29, 0.717) is 29.7 Å². The summed E-state index contributed by atoms with van der Waals surface area (Å²) in [6.45, 7) is 0.515. The van der Waals surface area contributed by atoms with E-state index >= 15 is 0 Å². The highest BCUT2D eigenvalue weighted by molar-refractivity contribution is 7.16. The molecule has 0 aliphatic carbocycles. The molecule has 0 aliphatic rings. The first-order chi connectivity index (χ1) is 14.6. The number of ether oxygens (including phenoxy) is 1. The number of nitrogens with one attached hydrogen (secondary N) is 1. The van der Waals surface area contributed by atoms with Gasteiger partial charge in [-0.1, -0.05) is 53.8 Å². The van der Waals surface area contributed by atoms with E-state index in [2.05, 4.69) is 10.3 Å². The van der Waals surface area contributed by atoms with Gasteiger partial charge in [-0.15, -0.1) is 0 Å². The van der Waals surface area contributed by atoms with E-state index in [-0.39, 0.29) is 0 Å². The van der Waals surface area contributed by atoms with Gasteiger partial charge >= 0.3 is 0 Å². The zero-order valence-corrected chi connectivity index (χ0v) is 16.8. The molecular formula is C23H19F2N3OS. The second kappa shape index (κ2) is 8.92. The molecule has 0 radical (unpaired) electrons. The second-order valence-electron chi connectivity index (χ2n) is 6.68. The third kappa shape index (κ3) is 4.93. The minimum atomic E-state index is -0.917. The Labute approximate surface area is 177 Å². The van der Waals surface area contributed by atoms with Gasteiger partial charge in [0.1, 0.15) is 18.2 Å². The molecule has 1 heterocycles. The highest BCUT2D eigenvalue weighted by atomic mass is 32.1. The summed E-state index contributed by atoms with van der Waals surface area (Å²) in [5.74, 6) is -0.606. The molecule has 4 rings (SSSR count). The van der Waals surface area contributed by atoms with Crippen LogP contribution in [0.15, 0.2) is 72.8 Å². The molecular weight excluding hydrogens is 404 g/mol. The summed E-state index contributed by atoms with van der Waals surface area (Å²) in [6, 6.07) is 21.4. The number of hydrogen-bond acceptors (Lipinski definition) is 5. The van der Waals surface area contributed by atoms with Gasteiger partial charge in [-0.05, 0) is 35.4 Å². The SMILES string of the molecule is Nc1nc(Nc2ccc(F)c(F)c2)sc1Cc1ccc(OCc2ccccc2)cc1. The molecule has 4 aromatic rings. The Morgan fingerprint density at radius 1 is 0.900 bits per heavy atom. The maximum atomic E-state index is 13.4. The highest BCUT2D eigenvalue weighted by Crippen LogP contribution is 2.30. The first-order valence-corrected chi connectivity index (χ1v) is 10.1. The lowest BCUT2D eigenvalue weighted by Crippen LogP contribution is -1.96. The lowest BCUT2D eigenvalue weighted by Gasteiger charge is -2.07. The predicted molar refractivity (Wildman–Crippen MR) is 116 cm³/mol. The third-order valence-corrected chi connectivity index (χ3v) is 5.42. The predicted octanol–water partition coefficient (Wildman–Crippen LogP) is 5.92. The average Bonchev–Trinajstić information content (AvgIpc) is 3.09. The van der Waals surface area contributed by atoms with Gasteiger partial charge in [-0.3, -0.25) is 0 Å². The fourth-order valence-electron chi connectivity index (χ4n) is 2.87. The van der Waals surface area contributed by atoms with Crippen LogP contribution in [0.5, 0.6) is 5.75 Å². The molecule has 30 heavy (non-hydrogen) atoms. The van der Waals surface area contributed by atoms with Crippen molar-refractivity contribution >= 4 is 28.0 Å². The molecule has 1 aromatic heterocycles. The zero-order valence-electron chi connectivity index (χ0n) is 15.9. The number of nitrogen functional groups attached to an aromatic ring is 1. The first kappa shape index (κ1) is 19.8. The molecule has 0 spiro atoms. The fourth-order valence-corrected chi connectivity index (χ4v) is 3.81. The Morgan fingerprint density at radius 3 is 2.40 bits per heavy atom. The number of rotatable bonds is 7. The van der Waals surface area contributed by atoms with Gasteiger partial charge in [0.25, 0.3) is 0 Å². The van der Waals surface area contributed by atoms with E-state index in [1.807, 2.05) is 54.6 Å². The number of halogens is 2. The molecule has 0 amide bonds. The third-order valence-electron chi connectivity index (χ3n) is 4.43. The van der Waals surface area contributed by atoms with Crippen LogP contribution >= 0.6 is 11.3 Å². The van der Waals surface area contributed by atoms with Crippen molar-refractivity contribution < 1.29 is 13.5 Å². The number of benzene rings is 3. The summed E-state index contributed by atoms with van der Waals surface area (Å²) in [4.78, 5) is 5.17. The number of anilines is 3. The molecule has 152 valence electrons. The van der Waals surface area contributed by atoms with Crippen LogP contribution in [0.25, 0.3) is 0 Å². The number of nitrogens with two attached hydrogens (primary N) is 1. The summed E-state index contributed by atoms with van der Waals surface area (Å²) in [5.41, 5.74) is 8.63. The lowest BCUT2D eigenvalue weighted by molar-refractivity contribution is 0.306. The first-order valence-electron chi connectivity index (χ1n) is 9.30. The normalized spacial score (nSPS) is 10.7. The van der Waals surface area contributed by atoms with Gasteiger partial charge in [-0.25, -0.2) is 13.8 Å². The molecule has 0 unspecified atom stereocenters. The maximum Gasteiger partial charge on any atom is 0.189 e. The molecule has 4 nitrogen and oxygen atoms in total. The molecule has 0 fully saturated rings. The monoisotopic (exact) mass is 423 g/mol. The fraction of sp³-hybridized carbons (Fsp3) is 0.0870. The highest BCUT2D eigenvalue weighted by Gasteiger charge is 2.11. The van der Waals surface area contributed by atoms with Crippen molar-refractivity contribution in [1.82, 2.24) is 4.98 Å². The van der Waals surface area contributed by atoms with Gasteiger partial charge in [0.2, 0.25) is 0 Å². The molecule has 3 aromatic carbocycles. The van der Waals surface area contributed by atoms with Crippen molar-refractivity contribution in [2.24, 2.45) is 0 Å². The molecule has 0 saturated carbocycles. The number of aromatic nitrogens is 1. The zero-order chi connectivity index (χ0) is 20.9. The number of nitrogens with zero attached hydrogens (tertiary/aromatic N) is 1. The minimum Gasteiger partial charge on any atom is -0.489 e. The van der Waals surface area contributed by atoms with E-state index in [0.717, 1.165) is 33.9 Å². The van der Waals surface area contributed by atoms with Crippen LogP contribution in [0.1, 0.15) is 16.0 Å². The largest absolute Gasteiger partial charge is 0.489 e. The molecule has 3 N–H and O–H groups in total. The summed E-state index contributed by atoms with van der Waals surface area (Å²) in [5, 5.41) is 3.49. The van der Waals surface area contributed by atoms with Gasteiger partial charge in [0.05, 0.1) is 4.88 Å². The number of thiazole rings is 1. The van der Waals surface area contributed by atoms with Crippen molar-refractivity contribution in [3.8, 4) is 5.75 Å². The number of hydrogen-bond donors (Lipinski definition) is 2. The van der Waals surface area contributed by atoms with Gasteiger partial charge in [-0.2, -0.15) is 0 Å². The van der Waals surface area contributed by atoms with E-state index < -0.39 is 11.6 Å². The van der Waals surface area contributed by atoms with Crippen molar-refractivity contribution in [3.63, 3.8) is 0 Å². The van der Waals surface area contributed by atoms with Crippen LogP contribution in [0, 0.1) is 11.6 Å². The summed E-state index contributed by atoms with van der Waals surface area (Å²) in [6.07, 6.45) is 0.613. The molecule has 0 atom stereocenters. The standard InChI is InChI=1S/C23H19F2N3OS/c24-19-11-8-17(13-20(19)25)27-23-28-22(26)21(30-23)12-15-6-9-18(10-7-15)29-14-16-4-2-1-3-5-16/h1-11,13H,12,14,26H2,(H,27,28). The molecule has 0 saturated heterocycles. The Balaban J connectivity index is 1.38. The molecule has 0 aliphatic heterocycles. The van der Waals surface area contributed by atoms with Gasteiger partial charge < -0.3 is 15.8 Å². The second-order valence-corrected chi connectivity index (χ2v) is 7.76. The Morgan fingerprint density at radius 2 is 1.67 bits per heavy atom. The Bertz CT molecular complexity index is 1130. The maximum absolute atomic E-state index is 13.4. The molecule has 7 heteroatoms. The van der Waals surface area contributed by atoms with Crippen LogP contribution in [-0.2, 0) is 13.0 Å². The van der Waals surface area contributed by atoms with Crippen LogP contribution in [-0.4, -0.2) is 4.98 Å². The van der Waals surface area contributed by atoms with Crippen LogP contribution in [0.3, 0.4) is 0 Å². The van der Waals surface area contributed by atoms with Gasteiger partial charge in [0, 0.05) is 18.2 Å².